The molecule has 8 heteroatoms. The fourth-order valence-electron chi connectivity index (χ4n) is 3.28. The van der Waals surface area contributed by atoms with Crippen LogP contribution in [0.1, 0.15) is 25.3 Å². The van der Waals surface area contributed by atoms with Crippen molar-refractivity contribution in [2.75, 3.05) is 12.3 Å². The molecule has 0 aromatic heterocycles. The van der Waals surface area contributed by atoms with E-state index in [4.69, 9.17) is 0 Å². The van der Waals surface area contributed by atoms with E-state index in [0.717, 1.165) is 19.4 Å². The molecule has 1 aromatic rings. The fourth-order valence-corrected chi connectivity index (χ4v) is 4.45. The van der Waals surface area contributed by atoms with Crippen LogP contribution in [0.2, 0.25) is 0 Å². The van der Waals surface area contributed by atoms with E-state index in [1.807, 2.05) is 0 Å². The van der Waals surface area contributed by atoms with Gasteiger partial charge in [0, 0.05) is 17.8 Å². The lowest BCUT2D eigenvalue weighted by Gasteiger charge is -2.33. The van der Waals surface area contributed by atoms with Crippen LogP contribution in [0.25, 0.3) is 0 Å². The van der Waals surface area contributed by atoms with Crippen LogP contribution in [-0.2, 0) is 16.0 Å². The summed E-state index contributed by atoms with van der Waals surface area (Å²) < 4.78 is 13.8. The third-order valence-electron chi connectivity index (χ3n) is 4.84. The number of carbonyl (C=O) groups is 2. The minimum absolute atomic E-state index is 0. The molecule has 26 heavy (non-hydrogen) atoms. The molecule has 0 aliphatic carbocycles. The molecule has 3 rings (SSSR count). The van der Waals surface area contributed by atoms with Gasteiger partial charge in [-0.05, 0) is 44.4 Å². The van der Waals surface area contributed by atoms with Crippen LogP contribution >= 0.6 is 24.2 Å². The minimum Gasteiger partial charge on any atom is -0.350 e. The Morgan fingerprint density at radius 1 is 1.38 bits per heavy atom. The van der Waals surface area contributed by atoms with Crippen LogP contribution < -0.4 is 16.0 Å². The molecule has 5 nitrogen and oxygen atoms in total. The van der Waals surface area contributed by atoms with Crippen LogP contribution in [0.5, 0.6) is 0 Å². The molecule has 2 amide bonds. The summed E-state index contributed by atoms with van der Waals surface area (Å²) in [6.07, 6.45) is 2.32. The normalized spacial score (nSPS) is 28.6. The quantitative estimate of drug-likeness (QED) is 0.717. The molecule has 2 saturated heterocycles. The van der Waals surface area contributed by atoms with Gasteiger partial charge < -0.3 is 16.0 Å². The third-order valence-corrected chi connectivity index (χ3v) is 6.15. The molecule has 0 saturated carbocycles. The second kappa shape index (κ2) is 9.58. The number of hydrogen-bond donors (Lipinski definition) is 3. The molecule has 2 fully saturated rings. The van der Waals surface area contributed by atoms with Gasteiger partial charge in [0.1, 0.15) is 11.9 Å². The molecule has 2 aliphatic heterocycles. The Kier molecular flexibility index (Phi) is 7.73. The van der Waals surface area contributed by atoms with Gasteiger partial charge in [0.15, 0.2) is 0 Å². The van der Waals surface area contributed by atoms with Gasteiger partial charge in [-0.25, -0.2) is 4.39 Å². The highest BCUT2D eigenvalue weighted by Gasteiger charge is 2.34. The number of thioether (sulfide) groups is 1. The molecule has 3 N–H and O–H groups in total. The smallest absolute Gasteiger partial charge is 0.243 e. The van der Waals surface area contributed by atoms with Crippen molar-refractivity contribution in [2.45, 2.75) is 49.6 Å². The van der Waals surface area contributed by atoms with E-state index in [-0.39, 0.29) is 47.4 Å². The van der Waals surface area contributed by atoms with Crippen LogP contribution in [0.3, 0.4) is 0 Å². The summed E-state index contributed by atoms with van der Waals surface area (Å²) in [7, 11) is 0. The van der Waals surface area contributed by atoms with Gasteiger partial charge in [-0.2, -0.15) is 0 Å². The predicted octanol–water partition coefficient (Wildman–Crippen LogP) is 1.65. The van der Waals surface area contributed by atoms with Gasteiger partial charge in [0.05, 0.1) is 5.25 Å². The highest BCUT2D eigenvalue weighted by atomic mass is 35.5. The molecular formula is C18H25ClFN3O2S. The molecule has 4 atom stereocenters. The van der Waals surface area contributed by atoms with E-state index < -0.39 is 6.04 Å². The summed E-state index contributed by atoms with van der Waals surface area (Å²) in [6, 6.07) is 6.30. The summed E-state index contributed by atoms with van der Waals surface area (Å²) in [5.41, 5.74) is 0.528. The van der Waals surface area contributed by atoms with E-state index >= 15 is 0 Å². The predicted molar refractivity (Wildman–Crippen MR) is 104 cm³/mol. The standard InChI is InChI=1S/C18H24FN3O2S.ClH/c1-11-14(7-4-8-20-11)21-17(23)15-10-25-16(18(24)22-15)9-12-5-2-3-6-13(12)19;/h2-3,5-6,11,14-16,20H,4,7-10H2,1H3,(H,21,23)(H,22,24);1H. The maximum atomic E-state index is 13.8. The van der Waals surface area contributed by atoms with Gasteiger partial charge in [-0.15, -0.1) is 24.2 Å². The maximum absolute atomic E-state index is 13.8. The maximum Gasteiger partial charge on any atom is 0.243 e. The van der Waals surface area contributed by atoms with Crippen molar-refractivity contribution in [3.63, 3.8) is 0 Å². The SMILES string of the molecule is CC1NCCCC1NC(=O)C1CSC(Cc2ccccc2F)C(=O)N1.Cl. The molecule has 0 bridgehead atoms. The summed E-state index contributed by atoms with van der Waals surface area (Å²) in [5.74, 6) is -0.125. The summed E-state index contributed by atoms with van der Waals surface area (Å²) in [6.45, 7) is 3.03. The highest BCUT2D eigenvalue weighted by Crippen LogP contribution is 2.23. The number of hydrogen-bond acceptors (Lipinski definition) is 4. The Balaban J connectivity index is 0.00000243. The number of halogens is 2. The minimum atomic E-state index is -0.525. The number of rotatable bonds is 4. The lowest BCUT2D eigenvalue weighted by Crippen LogP contribution is -2.59. The summed E-state index contributed by atoms with van der Waals surface area (Å²) in [5, 5.41) is 8.82. The zero-order valence-electron chi connectivity index (χ0n) is 14.7. The molecule has 2 heterocycles. The summed E-state index contributed by atoms with van der Waals surface area (Å²) >= 11 is 1.42. The van der Waals surface area contributed by atoms with E-state index in [2.05, 4.69) is 22.9 Å². The van der Waals surface area contributed by atoms with Crippen molar-refractivity contribution >= 4 is 36.0 Å². The molecule has 2 aliphatic rings. The third kappa shape index (κ3) is 5.11. The Bertz CT molecular complexity index is 649. The number of carbonyl (C=O) groups excluding carboxylic acids is 2. The van der Waals surface area contributed by atoms with Crippen LogP contribution in [0, 0.1) is 5.82 Å². The lowest BCUT2D eigenvalue weighted by molar-refractivity contribution is -0.129. The zero-order chi connectivity index (χ0) is 17.8. The first kappa shape index (κ1) is 21.0. The van der Waals surface area contributed by atoms with Crippen molar-refractivity contribution < 1.29 is 14.0 Å². The first-order valence-corrected chi connectivity index (χ1v) is 9.78. The van der Waals surface area contributed by atoms with Crippen molar-refractivity contribution in [3.05, 3.63) is 35.6 Å². The van der Waals surface area contributed by atoms with Gasteiger partial charge in [-0.1, -0.05) is 18.2 Å². The zero-order valence-corrected chi connectivity index (χ0v) is 16.3. The second-order valence-corrected chi connectivity index (χ2v) is 7.91. The highest BCUT2D eigenvalue weighted by molar-refractivity contribution is 8.00. The number of nitrogens with one attached hydrogen (secondary N) is 3. The largest absolute Gasteiger partial charge is 0.350 e. The average molecular weight is 402 g/mol. The first-order chi connectivity index (χ1) is 12.0. The second-order valence-electron chi connectivity index (χ2n) is 6.68. The van der Waals surface area contributed by atoms with E-state index in [0.29, 0.717) is 17.7 Å². The molecule has 0 spiro atoms. The Morgan fingerprint density at radius 2 is 2.15 bits per heavy atom. The Hall–Kier alpha value is -1.31. The number of amides is 2. The van der Waals surface area contributed by atoms with Gasteiger partial charge in [-0.3, -0.25) is 9.59 Å². The van der Waals surface area contributed by atoms with E-state index in [9.17, 15) is 14.0 Å². The van der Waals surface area contributed by atoms with Crippen molar-refractivity contribution in [2.24, 2.45) is 0 Å². The molecule has 144 valence electrons. The van der Waals surface area contributed by atoms with Crippen LogP contribution in [-0.4, -0.2) is 47.5 Å². The molecule has 0 radical (unpaired) electrons. The Labute approximate surface area is 163 Å². The summed E-state index contributed by atoms with van der Waals surface area (Å²) in [4.78, 5) is 24.8. The van der Waals surface area contributed by atoms with Gasteiger partial charge in [0.2, 0.25) is 11.8 Å². The van der Waals surface area contributed by atoms with Crippen molar-refractivity contribution in [1.29, 1.82) is 0 Å². The molecule has 1 aromatic carbocycles. The van der Waals surface area contributed by atoms with E-state index in [1.54, 1.807) is 18.2 Å². The Morgan fingerprint density at radius 3 is 2.85 bits per heavy atom. The first-order valence-electron chi connectivity index (χ1n) is 8.73. The van der Waals surface area contributed by atoms with Crippen LogP contribution in [0.15, 0.2) is 24.3 Å². The van der Waals surface area contributed by atoms with Gasteiger partial charge >= 0.3 is 0 Å². The van der Waals surface area contributed by atoms with Gasteiger partial charge in [0.25, 0.3) is 0 Å². The molecule has 4 unspecified atom stereocenters. The monoisotopic (exact) mass is 401 g/mol. The number of benzene rings is 1. The van der Waals surface area contributed by atoms with Crippen molar-refractivity contribution in [1.82, 2.24) is 16.0 Å². The molecular weight excluding hydrogens is 377 g/mol. The van der Waals surface area contributed by atoms with Crippen LogP contribution in [0.4, 0.5) is 4.39 Å². The van der Waals surface area contributed by atoms with Crippen molar-refractivity contribution in [3.8, 4) is 0 Å². The fraction of sp³-hybridized carbons (Fsp3) is 0.556. The average Bonchev–Trinajstić information content (AvgIpc) is 2.60. The van der Waals surface area contributed by atoms with E-state index in [1.165, 1.54) is 17.8 Å². The lowest BCUT2D eigenvalue weighted by atomic mass is 9.99. The topological polar surface area (TPSA) is 70.2 Å². The number of piperidine rings is 1.